The second-order valence-electron chi connectivity index (χ2n) is 5.58. The summed E-state index contributed by atoms with van der Waals surface area (Å²) in [6.45, 7) is 9.10. The maximum Gasteiger partial charge on any atom is 0.264 e. The lowest BCUT2D eigenvalue weighted by Crippen LogP contribution is -2.30. The van der Waals surface area contributed by atoms with Crippen LogP contribution < -0.4 is 5.48 Å². The summed E-state index contributed by atoms with van der Waals surface area (Å²) in [5.41, 5.74) is 4.49. The third-order valence-electron chi connectivity index (χ3n) is 3.73. The van der Waals surface area contributed by atoms with Gasteiger partial charge in [0, 0.05) is 25.7 Å². The highest BCUT2D eigenvalue weighted by Gasteiger charge is 2.28. The summed E-state index contributed by atoms with van der Waals surface area (Å²) in [4.78, 5) is 12.1. The second-order valence-corrected chi connectivity index (χ2v) is 5.96. The zero-order valence-electron chi connectivity index (χ0n) is 12.1. The Kier molecular flexibility index (Phi) is 3.70. The van der Waals surface area contributed by atoms with Gasteiger partial charge in [0.1, 0.15) is 6.17 Å². The van der Waals surface area contributed by atoms with Gasteiger partial charge in [-0.3, -0.25) is 9.58 Å². The molecule has 0 bridgehead atoms. The smallest absolute Gasteiger partial charge is 0.264 e. The van der Waals surface area contributed by atoms with Gasteiger partial charge in [-0.1, -0.05) is 11.6 Å². The largest absolute Gasteiger partial charge is 0.384 e. The van der Waals surface area contributed by atoms with E-state index in [9.17, 15) is 0 Å². The van der Waals surface area contributed by atoms with Crippen LogP contribution in [-0.2, 0) is 17.9 Å². The summed E-state index contributed by atoms with van der Waals surface area (Å²) in [6, 6.07) is 0.498. The lowest BCUT2D eigenvalue weighted by Gasteiger charge is -2.23. The van der Waals surface area contributed by atoms with Crippen molar-refractivity contribution in [1.82, 2.24) is 20.2 Å². The Morgan fingerprint density at radius 1 is 1.40 bits per heavy atom. The van der Waals surface area contributed by atoms with Gasteiger partial charge in [-0.25, -0.2) is 4.99 Å². The predicted molar refractivity (Wildman–Crippen MR) is 77.6 cm³/mol. The Balaban J connectivity index is 1.94. The SMILES string of the molecule is CC1N=C(c2nn3c(c2Cl)CN(C(C)C)CCC3)ON1. The fourth-order valence-electron chi connectivity index (χ4n) is 2.56. The molecular formula is C13H20ClN5O. The molecule has 1 aromatic rings. The van der Waals surface area contributed by atoms with Crippen LogP contribution in [0.5, 0.6) is 0 Å². The van der Waals surface area contributed by atoms with Gasteiger partial charge >= 0.3 is 0 Å². The molecular weight excluding hydrogens is 278 g/mol. The first-order chi connectivity index (χ1) is 9.56. The molecule has 2 aliphatic heterocycles. The number of aryl methyl sites for hydroxylation is 1. The van der Waals surface area contributed by atoms with Gasteiger partial charge in [-0.2, -0.15) is 5.10 Å². The quantitative estimate of drug-likeness (QED) is 0.904. The van der Waals surface area contributed by atoms with E-state index >= 15 is 0 Å². The molecule has 0 saturated carbocycles. The minimum Gasteiger partial charge on any atom is -0.384 e. The Labute approximate surface area is 123 Å². The van der Waals surface area contributed by atoms with Gasteiger partial charge < -0.3 is 4.84 Å². The number of rotatable bonds is 2. The summed E-state index contributed by atoms with van der Waals surface area (Å²) < 4.78 is 1.99. The van der Waals surface area contributed by atoms with Gasteiger partial charge in [-0.05, 0) is 27.2 Å². The first kappa shape index (κ1) is 13.9. The van der Waals surface area contributed by atoms with Crippen LogP contribution >= 0.6 is 11.6 Å². The van der Waals surface area contributed by atoms with Crippen molar-refractivity contribution >= 4 is 17.5 Å². The van der Waals surface area contributed by atoms with Crippen molar-refractivity contribution in [2.75, 3.05) is 6.54 Å². The molecule has 0 fully saturated rings. The zero-order chi connectivity index (χ0) is 14.3. The molecule has 0 aromatic carbocycles. The summed E-state index contributed by atoms with van der Waals surface area (Å²) >= 11 is 6.51. The standard InChI is InChI=1S/C13H20ClN5O/c1-8(2)18-5-4-6-19-10(7-18)11(14)12(16-19)13-15-9(3)17-20-13/h8-9,17H,4-7H2,1-3H3. The van der Waals surface area contributed by atoms with Gasteiger partial charge in [0.05, 0.1) is 10.7 Å². The van der Waals surface area contributed by atoms with Crippen LogP contribution in [0.25, 0.3) is 0 Å². The summed E-state index contributed by atoms with van der Waals surface area (Å²) in [5.74, 6) is 0.485. The van der Waals surface area contributed by atoms with E-state index in [2.05, 4.69) is 34.3 Å². The van der Waals surface area contributed by atoms with Crippen LogP contribution in [0.3, 0.4) is 0 Å². The van der Waals surface area contributed by atoms with Crippen LogP contribution in [0.2, 0.25) is 5.02 Å². The third kappa shape index (κ3) is 2.43. The average molecular weight is 298 g/mol. The zero-order valence-corrected chi connectivity index (χ0v) is 12.8. The first-order valence-corrected chi connectivity index (χ1v) is 7.44. The number of hydrogen-bond acceptors (Lipinski definition) is 5. The van der Waals surface area contributed by atoms with E-state index in [1.54, 1.807) is 0 Å². The van der Waals surface area contributed by atoms with Crippen molar-refractivity contribution in [3.8, 4) is 0 Å². The molecule has 1 aromatic heterocycles. The van der Waals surface area contributed by atoms with Crippen LogP contribution in [0, 0.1) is 0 Å². The van der Waals surface area contributed by atoms with Crippen molar-refractivity contribution in [1.29, 1.82) is 0 Å². The fourth-order valence-corrected chi connectivity index (χ4v) is 2.84. The summed E-state index contributed by atoms with van der Waals surface area (Å²) in [5, 5.41) is 5.24. The Morgan fingerprint density at radius 2 is 2.20 bits per heavy atom. The van der Waals surface area contributed by atoms with Gasteiger partial charge in [0.2, 0.25) is 0 Å². The molecule has 110 valence electrons. The lowest BCUT2D eigenvalue weighted by atomic mass is 10.2. The van der Waals surface area contributed by atoms with Crippen molar-refractivity contribution in [3.63, 3.8) is 0 Å². The number of hydroxylamine groups is 1. The van der Waals surface area contributed by atoms with Gasteiger partial charge in [-0.15, -0.1) is 5.48 Å². The van der Waals surface area contributed by atoms with E-state index in [-0.39, 0.29) is 6.17 Å². The highest BCUT2D eigenvalue weighted by molar-refractivity contribution is 6.34. The first-order valence-electron chi connectivity index (χ1n) is 7.06. The average Bonchev–Trinajstić information content (AvgIpc) is 2.86. The normalized spacial score (nSPS) is 23.4. The predicted octanol–water partition coefficient (Wildman–Crippen LogP) is 1.78. The van der Waals surface area contributed by atoms with E-state index in [1.807, 2.05) is 11.6 Å². The molecule has 3 heterocycles. The number of nitrogens with one attached hydrogen (secondary N) is 1. The monoisotopic (exact) mass is 297 g/mol. The minimum atomic E-state index is -0.0604. The van der Waals surface area contributed by atoms with Crippen LogP contribution in [0.4, 0.5) is 0 Å². The number of nitrogens with zero attached hydrogens (tertiary/aromatic N) is 4. The minimum absolute atomic E-state index is 0.0604. The Bertz CT molecular complexity index is 539. The molecule has 0 saturated heterocycles. The van der Waals surface area contributed by atoms with E-state index in [0.29, 0.717) is 22.7 Å². The molecule has 6 nitrogen and oxygen atoms in total. The van der Waals surface area contributed by atoms with Crippen molar-refractivity contribution in [2.24, 2.45) is 4.99 Å². The van der Waals surface area contributed by atoms with Crippen molar-refractivity contribution < 1.29 is 4.84 Å². The fraction of sp³-hybridized carbons (Fsp3) is 0.692. The van der Waals surface area contributed by atoms with Crippen LogP contribution in [0.15, 0.2) is 4.99 Å². The van der Waals surface area contributed by atoms with E-state index in [4.69, 9.17) is 16.4 Å². The molecule has 0 radical (unpaired) electrons. The third-order valence-corrected chi connectivity index (χ3v) is 4.13. The molecule has 1 atom stereocenters. The van der Waals surface area contributed by atoms with Crippen LogP contribution in [0.1, 0.15) is 38.6 Å². The summed E-state index contributed by atoms with van der Waals surface area (Å²) in [6.07, 6.45) is 1.01. The number of hydrogen-bond donors (Lipinski definition) is 1. The topological polar surface area (TPSA) is 54.7 Å². The molecule has 2 aliphatic rings. The number of aromatic nitrogens is 2. The highest BCUT2D eigenvalue weighted by Crippen LogP contribution is 2.27. The number of halogens is 1. The maximum absolute atomic E-state index is 6.51. The molecule has 7 heteroatoms. The molecule has 0 spiro atoms. The molecule has 20 heavy (non-hydrogen) atoms. The molecule has 0 aliphatic carbocycles. The van der Waals surface area contributed by atoms with E-state index in [0.717, 1.165) is 31.7 Å². The maximum atomic E-state index is 6.51. The Hall–Kier alpha value is -1.11. The van der Waals surface area contributed by atoms with Crippen molar-refractivity contribution in [3.05, 3.63) is 16.4 Å². The van der Waals surface area contributed by atoms with Crippen LogP contribution in [-0.4, -0.2) is 39.3 Å². The lowest BCUT2D eigenvalue weighted by molar-refractivity contribution is 0.185. The van der Waals surface area contributed by atoms with E-state index in [1.165, 1.54) is 0 Å². The molecule has 1 N–H and O–H groups in total. The number of aliphatic imine (C=N–C) groups is 1. The number of fused-ring (bicyclic) bond motifs is 1. The molecule has 0 amide bonds. The second kappa shape index (κ2) is 5.35. The van der Waals surface area contributed by atoms with Gasteiger partial charge in [0.15, 0.2) is 5.69 Å². The van der Waals surface area contributed by atoms with E-state index < -0.39 is 0 Å². The Morgan fingerprint density at radius 3 is 2.85 bits per heavy atom. The molecule has 3 rings (SSSR count). The van der Waals surface area contributed by atoms with Gasteiger partial charge in [0.25, 0.3) is 5.90 Å². The summed E-state index contributed by atoms with van der Waals surface area (Å²) in [7, 11) is 0. The highest BCUT2D eigenvalue weighted by atomic mass is 35.5. The molecule has 1 unspecified atom stereocenters. The van der Waals surface area contributed by atoms with Crippen molar-refractivity contribution in [2.45, 2.75) is 52.5 Å².